The fraction of sp³-hybridized carbons (Fsp3) is 0.0714. The van der Waals surface area contributed by atoms with Gasteiger partial charge in [0.15, 0.2) is 0 Å². The zero-order valence-electron chi connectivity index (χ0n) is 10.6. The van der Waals surface area contributed by atoms with Gasteiger partial charge in [-0.2, -0.15) is 0 Å². The summed E-state index contributed by atoms with van der Waals surface area (Å²) in [6.07, 6.45) is 0. The van der Waals surface area contributed by atoms with Gasteiger partial charge >= 0.3 is 0 Å². The Kier molecular flexibility index (Phi) is 4.89. The molecule has 2 aromatic rings. The van der Waals surface area contributed by atoms with Gasteiger partial charge in [-0.05, 0) is 35.9 Å². The number of halogens is 1. The highest BCUT2D eigenvalue weighted by Gasteiger charge is 2.06. The smallest absolute Gasteiger partial charge is 0.265 e. The Hall–Kier alpha value is -1.69. The molecule has 2 aromatic carbocycles. The molecule has 20 heavy (non-hydrogen) atoms. The molecule has 0 heterocycles. The molecule has 0 aromatic heterocycles. The minimum Gasteiger partial charge on any atom is -0.399 e. The van der Waals surface area contributed by atoms with Crippen molar-refractivity contribution in [2.45, 2.75) is 10.6 Å². The van der Waals surface area contributed by atoms with E-state index in [1.165, 1.54) is 0 Å². The molecule has 0 aliphatic carbocycles. The average Bonchev–Trinajstić information content (AvgIpc) is 2.47. The molecule has 0 unspecified atom stereocenters. The summed E-state index contributed by atoms with van der Waals surface area (Å²) in [6.45, 7) is 0. The first kappa shape index (κ1) is 14.7. The van der Waals surface area contributed by atoms with Crippen molar-refractivity contribution in [2.75, 3.05) is 5.73 Å². The summed E-state index contributed by atoms with van der Waals surface area (Å²) in [7, 11) is 0. The molecule has 0 atom stereocenters. The predicted octanol–water partition coefficient (Wildman–Crippen LogP) is 2.82. The Bertz CT molecular complexity index is 634. The van der Waals surface area contributed by atoms with E-state index in [4.69, 9.17) is 23.2 Å². The van der Waals surface area contributed by atoms with Crippen LogP contribution in [0.5, 0.6) is 0 Å². The minimum atomic E-state index is -0.307. The van der Waals surface area contributed by atoms with Crippen LogP contribution in [0.1, 0.15) is 15.9 Å². The number of thioether (sulfide) groups is 1. The van der Waals surface area contributed by atoms with Crippen LogP contribution in [0.3, 0.4) is 0 Å². The highest BCUT2D eigenvalue weighted by Crippen LogP contribution is 2.31. The van der Waals surface area contributed by atoms with Crippen molar-refractivity contribution in [1.82, 2.24) is 5.43 Å². The van der Waals surface area contributed by atoms with Crippen LogP contribution < -0.4 is 17.0 Å². The number of amides is 1. The second-order valence-electron chi connectivity index (χ2n) is 4.15. The normalized spacial score (nSPS) is 10.3. The van der Waals surface area contributed by atoms with Crippen LogP contribution >= 0.6 is 23.4 Å². The number of hydrazine groups is 1. The molecular weight excluding hydrogens is 294 g/mol. The summed E-state index contributed by atoms with van der Waals surface area (Å²) in [6, 6.07) is 12.7. The molecule has 5 N–H and O–H groups in total. The number of benzene rings is 2. The fourth-order valence-corrected chi connectivity index (χ4v) is 2.89. The fourth-order valence-electron chi connectivity index (χ4n) is 1.68. The summed E-state index contributed by atoms with van der Waals surface area (Å²) in [5, 5.41) is 0.667. The van der Waals surface area contributed by atoms with Crippen LogP contribution in [0.15, 0.2) is 47.4 Å². The zero-order chi connectivity index (χ0) is 14.5. The standard InChI is InChI=1S/C14H14ClN3OS/c15-12-5-4-11(16)7-13(12)20-8-9-2-1-3-10(6-9)14(19)18-17/h1-7H,8,16-17H2,(H,18,19). The maximum absolute atomic E-state index is 11.5. The number of nitrogens with one attached hydrogen (secondary N) is 1. The van der Waals surface area contributed by atoms with E-state index >= 15 is 0 Å². The summed E-state index contributed by atoms with van der Waals surface area (Å²) in [5.41, 5.74) is 10.1. The number of carbonyl (C=O) groups excluding carboxylic acids is 1. The summed E-state index contributed by atoms with van der Waals surface area (Å²) in [5.74, 6) is 5.50. The average molecular weight is 308 g/mol. The molecule has 0 saturated carbocycles. The van der Waals surface area contributed by atoms with Gasteiger partial charge in [-0.1, -0.05) is 23.7 Å². The summed E-state index contributed by atoms with van der Waals surface area (Å²) >= 11 is 7.68. The molecule has 1 amide bonds. The maximum Gasteiger partial charge on any atom is 0.265 e. The van der Waals surface area contributed by atoms with Crippen LogP contribution in [0.25, 0.3) is 0 Å². The molecule has 0 radical (unpaired) electrons. The van der Waals surface area contributed by atoms with Gasteiger partial charge in [0.05, 0.1) is 5.02 Å². The quantitative estimate of drug-likeness (QED) is 0.267. The van der Waals surface area contributed by atoms with Crippen molar-refractivity contribution in [3.05, 3.63) is 58.6 Å². The Morgan fingerprint density at radius 2 is 2.05 bits per heavy atom. The number of hydrogen-bond acceptors (Lipinski definition) is 4. The van der Waals surface area contributed by atoms with Gasteiger partial charge in [-0.3, -0.25) is 10.2 Å². The number of hydrogen-bond donors (Lipinski definition) is 3. The molecule has 0 bridgehead atoms. The molecule has 0 aliphatic heterocycles. The van der Waals surface area contributed by atoms with E-state index in [-0.39, 0.29) is 5.91 Å². The van der Waals surface area contributed by atoms with Crippen molar-refractivity contribution >= 4 is 35.0 Å². The van der Waals surface area contributed by atoms with Crippen molar-refractivity contribution in [1.29, 1.82) is 0 Å². The van der Waals surface area contributed by atoms with Crippen LogP contribution in [0.2, 0.25) is 5.02 Å². The van der Waals surface area contributed by atoms with Crippen molar-refractivity contribution < 1.29 is 4.79 Å². The Labute approximate surface area is 126 Å². The lowest BCUT2D eigenvalue weighted by Gasteiger charge is -2.07. The van der Waals surface area contributed by atoms with Crippen molar-refractivity contribution in [3.8, 4) is 0 Å². The Morgan fingerprint density at radius 1 is 1.25 bits per heavy atom. The second-order valence-corrected chi connectivity index (χ2v) is 5.58. The number of carbonyl (C=O) groups is 1. The topological polar surface area (TPSA) is 81.1 Å². The first-order valence-corrected chi connectivity index (χ1v) is 7.24. The van der Waals surface area contributed by atoms with E-state index in [1.807, 2.05) is 18.2 Å². The van der Waals surface area contributed by atoms with E-state index < -0.39 is 0 Å². The Morgan fingerprint density at radius 3 is 2.80 bits per heavy atom. The summed E-state index contributed by atoms with van der Waals surface area (Å²) in [4.78, 5) is 12.4. The van der Waals surface area contributed by atoms with Gasteiger partial charge in [0.2, 0.25) is 0 Å². The zero-order valence-corrected chi connectivity index (χ0v) is 12.2. The lowest BCUT2D eigenvalue weighted by Crippen LogP contribution is -2.29. The molecule has 104 valence electrons. The molecular formula is C14H14ClN3OS. The SMILES string of the molecule is NNC(=O)c1cccc(CSc2cc(N)ccc2Cl)c1. The molecule has 0 spiro atoms. The van der Waals surface area contributed by atoms with E-state index in [2.05, 4.69) is 5.43 Å². The van der Waals surface area contributed by atoms with E-state index in [1.54, 1.807) is 36.0 Å². The van der Waals surface area contributed by atoms with Crippen LogP contribution in [0.4, 0.5) is 5.69 Å². The monoisotopic (exact) mass is 307 g/mol. The number of nitrogens with two attached hydrogens (primary N) is 2. The van der Waals surface area contributed by atoms with Crippen molar-refractivity contribution in [2.24, 2.45) is 5.84 Å². The van der Waals surface area contributed by atoms with E-state index in [9.17, 15) is 4.79 Å². The molecule has 0 fully saturated rings. The molecule has 4 nitrogen and oxygen atoms in total. The third-order valence-electron chi connectivity index (χ3n) is 2.67. The second kappa shape index (κ2) is 6.65. The summed E-state index contributed by atoms with van der Waals surface area (Å²) < 4.78 is 0. The third-order valence-corrected chi connectivity index (χ3v) is 4.24. The predicted molar refractivity (Wildman–Crippen MR) is 83.5 cm³/mol. The molecule has 6 heteroatoms. The number of rotatable bonds is 4. The molecule has 2 rings (SSSR count). The maximum atomic E-state index is 11.5. The molecule has 0 saturated heterocycles. The van der Waals surface area contributed by atoms with Gasteiger partial charge < -0.3 is 5.73 Å². The van der Waals surface area contributed by atoms with Gasteiger partial charge in [0, 0.05) is 21.9 Å². The van der Waals surface area contributed by atoms with Gasteiger partial charge in [0.25, 0.3) is 5.91 Å². The minimum absolute atomic E-state index is 0.307. The number of anilines is 1. The van der Waals surface area contributed by atoms with Crippen LogP contribution in [0, 0.1) is 0 Å². The van der Waals surface area contributed by atoms with Crippen LogP contribution in [-0.2, 0) is 5.75 Å². The number of nitrogen functional groups attached to an aromatic ring is 2. The van der Waals surface area contributed by atoms with Crippen molar-refractivity contribution in [3.63, 3.8) is 0 Å². The lowest BCUT2D eigenvalue weighted by molar-refractivity contribution is 0.0953. The van der Waals surface area contributed by atoms with Gasteiger partial charge in [-0.25, -0.2) is 5.84 Å². The van der Waals surface area contributed by atoms with Gasteiger partial charge in [0.1, 0.15) is 0 Å². The van der Waals surface area contributed by atoms with E-state index in [0.717, 1.165) is 10.5 Å². The molecule has 0 aliphatic rings. The lowest BCUT2D eigenvalue weighted by atomic mass is 10.1. The van der Waals surface area contributed by atoms with Crippen LogP contribution in [-0.4, -0.2) is 5.91 Å². The highest BCUT2D eigenvalue weighted by molar-refractivity contribution is 7.98. The first-order chi connectivity index (χ1) is 9.60. The highest BCUT2D eigenvalue weighted by atomic mass is 35.5. The Balaban J connectivity index is 2.11. The largest absolute Gasteiger partial charge is 0.399 e. The first-order valence-electron chi connectivity index (χ1n) is 5.88. The van der Waals surface area contributed by atoms with E-state index in [0.29, 0.717) is 22.0 Å². The van der Waals surface area contributed by atoms with Gasteiger partial charge in [-0.15, -0.1) is 11.8 Å². The third kappa shape index (κ3) is 3.66.